The monoisotopic (exact) mass is 170 g/mol. The second kappa shape index (κ2) is 6.05. The molecule has 12 heavy (non-hydrogen) atoms. The van der Waals surface area contributed by atoms with Gasteiger partial charge in [0.1, 0.15) is 0 Å². The lowest BCUT2D eigenvalue weighted by atomic mass is 9.98. The molecule has 0 radical (unpaired) electrons. The Morgan fingerprint density at radius 2 is 2.08 bits per heavy atom. The first-order chi connectivity index (χ1) is 5.63. The van der Waals surface area contributed by atoms with E-state index < -0.39 is 6.10 Å². The molecule has 2 nitrogen and oxygen atoms in total. The maximum Gasteiger partial charge on any atom is 0.0853 e. The van der Waals surface area contributed by atoms with Crippen LogP contribution in [0.2, 0.25) is 0 Å². The second-order valence-electron chi connectivity index (χ2n) is 3.25. The van der Waals surface area contributed by atoms with E-state index in [0.717, 1.165) is 0 Å². The third-order valence-corrected chi connectivity index (χ3v) is 1.89. The summed E-state index contributed by atoms with van der Waals surface area (Å²) in [6.45, 7) is 4.04. The number of rotatable bonds is 5. The number of aliphatic hydroxyl groups excluding tert-OH is 1. The van der Waals surface area contributed by atoms with Crippen LogP contribution in [-0.4, -0.2) is 24.4 Å². The SMILES string of the molecule is C#CCCC(O)C(OC)C(C)C. The molecular formula is C10H18O2. The molecular weight excluding hydrogens is 152 g/mol. The van der Waals surface area contributed by atoms with Crippen LogP contribution in [0.15, 0.2) is 0 Å². The van der Waals surface area contributed by atoms with E-state index in [1.807, 2.05) is 13.8 Å². The van der Waals surface area contributed by atoms with Crippen molar-refractivity contribution in [2.24, 2.45) is 5.92 Å². The van der Waals surface area contributed by atoms with Gasteiger partial charge >= 0.3 is 0 Å². The second-order valence-corrected chi connectivity index (χ2v) is 3.25. The number of ether oxygens (including phenoxy) is 1. The van der Waals surface area contributed by atoms with Gasteiger partial charge in [-0.3, -0.25) is 0 Å². The largest absolute Gasteiger partial charge is 0.390 e. The van der Waals surface area contributed by atoms with Gasteiger partial charge in [-0.2, -0.15) is 0 Å². The molecule has 0 aromatic heterocycles. The summed E-state index contributed by atoms with van der Waals surface area (Å²) in [5, 5.41) is 9.59. The van der Waals surface area contributed by atoms with Gasteiger partial charge in [-0.05, 0) is 12.3 Å². The minimum Gasteiger partial charge on any atom is -0.390 e. The first-order valence-electron chi connectivity index (χ1n) is 4.27. The van der Waals surface area contributed by atoms with Gasteiger partial charge in [-0.25, -0.2) is 0 Å². The zero-order valence-corrected chi connectivity index (χ0v) is 8.08. The Bertz CT molecular complexity index is 146. The first kappa shape index (κ1) is 11.5. The molecule has 0 heterocycles. The van der Waals surface area contributed by atoms with E-state index in [9.17, 15) is 5.11 Å². The summed E-state index contributed by atoms with van der Waals surface area (Å²) in [5.74, 6) is 2.82. The van der Waals surface area contributed by atoms with Crippen LogP contribution in [0.25, 0.3) is 0 Å². The van der Waals surface area contributed by atoms with Crippen LogP contribution in [0.5, 0.6) is 0 Å². The Morgan fingerprint density at radius 3 is 2.42 bits per heavy atom. The van der Waals surface area contributed by atoms with Crippen LogP contribution in [-0.2, 0) is 4.74 Å². The van der Waals surface area contributed by atoms with Crippen molar-refractivity contribution in [2.75, 3.05) is 7.11 Å². The maximum atomic E-state index is 9.59. The number of methoxy groups -OCH3 is 1. The highest BCUT2D eigenvalue weighted by molar-refractivity contribution is 4.86. The van der Waals surface area contributed by atoms with Crippen LogP contribution in [0.3, 0.4) is 0 Å². The average Bonchev–Trinajstić information content (AvgIpc) is 2.01. The first-order valence-corrected chi connectivity index (χ1v) is 4.27. The molecule has 2 heteroatoms. The number of hydrogen-bond donors (Lipinski definition) is 1. The predicted molar refractivity (Wildman–Crippen MR) is 49.7 cm³/mol. The molecule has 2 atom stereocenters. The molecule has 0 aromatic carbocycles. The normalized spacial score (nSPS) is 15.7. The van der Waals surface area contributed by atoms with Crippen LogP contribution in [0.4, 0.5) is 0 Å². The smallest absolute Gasteiger partial charge is 0.0853 e. The Morgan fingerprint density at radius 1 is 1.50 bits per heavy atom. The van der Waals surface area contributed by atoms with Crippen molar-refractivity contribution in [3.8, 4) is 12.3 Å². The molecule has 0 aliphatic heterocycles. The average molecular weight is 170 g/mol. The summed E-state index contributed by atoms with van der Waals surface area (Å²) in [7, 11) is 1.61. The van der Waals surface area contributed by atoms with Gasteiger partial charge in [0, 0.05) is 13.5 Å². The van der Waals surface area contributed by atoms with Crippen molar-refractivity contribution in [3.63, 3.8) is 0 Å². The summed E-state index contributed by atoms with van der Waals surface area (Å²) in [4.78, 5) is 0. The van der Waals surface area contributed by atoms with Gasteiger partial charge in [-0.15, -0.1) is 12.3 Å². The van der Waals surface area contributed by atoms with E-state index in [1.54, 1.807) is 7.11 Å². The predicted octanol–water partition coefficient (Wildman–Crippen LogP) is 1.43. The molecule has 1 N–H and O–H groups in total. The van der Waals surface area contributed by atoms with E-state index in [4.69, 9.17) is 11.2 Å². The zero-order valence-electron chi connectivity index (χ0n) is 8.08. The van der Waals surface area contributed by atoms with Crippen LogP contribution < -0.4 is 0 Å². The third kappa shape index (κ3) is 3.75. The summed E-state index contributed by atoms with van der Waals surface area (Å²) in [5.41, 5.74) is 0. The third-order valence-electron chi connectivity index (χ3n) is 1.89. The number of hydrogen-bond acceptors (Lipinski definition) is 2. The summed E-state index contributed by atoms with van der Waals surface area (Å²) in [6.07, 6.45) is 5.78. The van der Waals surface area contributed by atoms with Crippen molar-refractivity contribution in [2.45, 2.75) is 38.9 Å². The van der Waals surface area contributed by atoms with Crippen molar-refractivity contribution in [1.82, 2.24) is 0 Å². The quantitative estimate of drug-likeness (QED) is 0.632. The van der Waals surface area contributed by atoms with Crippen molar-refractivity contribution in [3.05, 3.63) is 0 Å². The molecule has 0 amide bonds. The van der Waals surface area contributed by atoms with Gasteiger partial charge in [-0.1, -0.05) is 13.8 Å². The van der Waals surface area contributed by atoms with Crippen LogP contribution in [0, 0.1) is 18.3 Å². The highest BCUT2D eigenvalue weighted by Crippen LogP contribution is 2.13. The molecule has 0 aliphatic rings. The fourth-order valence-corrected chi connectivity index (χ4v) is 1.27. The molecule has 0 rings (SSSR count). The zero-order chi connectivity index (χ0) is 9.56. The van der Waals surface area contributed by atoms with E-state index in [0.29, 0.717) is 18.8 Å². The topological polar surface area (TPSA) is 29.5 Å². The molecule has 0 aliphatic carbocycles. The lowest BCUT2D eigenvalue weighted by molar-refractivity contribution is -0.0399. The summed E-state index contributed by atoms with van der Waals surface area (Å²) in [6, 6.07) is 0. The van der Waals surface area contributed by atoms with Crippen molar-refractivity contribution >= 4 is 0 Å². The minimum atomic E-state index is -0.439. The molecule has 0 bridgehead atoms. The molecule has 70 valence electrons. The van der Waals surface area contributed by atoms with Gasteiger partial charge in [0.05, 0.1) is 12.2 Å². The highest BCUT2D eigenvalue weighted by Gasteiger charge is 2.21. The number of aliphatic hydroxyl groups is 1. The van der Waals surface area contributed by atoms with E-state index in [1.165, 1.54) is 0 Å². The molecule has 0 saturated heterocycles. The molecule has 0 saturated carbocycles. The lowest BCUT2D eigenvalue weighted by Crippen LogP contribution is -2.32. The Labute approximate surface area is 74.9 Å². The fraction of sp³-hybridized carbons (Fsp3) is 0.800. The summed E-state index contributed by atoms with van der Waals surface area (Å²) >= 11 is 0. The molecule has 0 aromatic rings. The molecule has 2 unspecified atom stereocenters. The van der Waals surface area contributed by atoms with Crippen LogP contribution in [0.1, 0.15) is 26.7 Å². The maximum absolute atomic E-state index is 9.59. The highest BCUT2D eigenvalue weighted by atomic mass is 16.5. The number of terminal acetylenes is 1. The lowest BCUT2D eigenvalue weighted by Gasteiger charge is -2.24. The van der Waals surface area contributed by atoms with E-state index in [2.05, 4.69) is 5.92 Å². The van der Waals surface area contributed by atoms with E-state index >= 15 is 0 Å². The molecule has 0 spiro atoms. The minimum absolute atomic E-state index is 0.0988. The van der Waals surface area contributed by atoms with E-state index in [-0.39, 0.29) is 6.10 Å². The van der Waals surface area contributed by atoms with Crippen molar-refractivity contribution in [1.29, 1.82) is 0 Å². The van der Waals surface area contributed by atoms with Gasteiger partial charge < -0.3 is 9.84 Å². The standard InChI is InChI=1S/C10H18O2/c1-5-6-7-9(11)10(12-4)8(2)3/h1,8-11H,6-7H2,2-4H3. The van der Waals surface area contributed by atoms with Gasteiger partial charge in [0.25, 0.3) is 0 Å². The molecule has 0 fully saturated rings. The Hall–Kier alpha value is -0.520. The fourth-order valence-electron chi connectivity index (χ4n) is 1.27. The van der Waals surface area contributed by atoms with Gasteiger partial charge in [0.2, 0.25) is 0 Å². The Balaban J connectivity index is 3.87. The van der Waals surface area contributed by atoms with Crippen molar-refractivity contribution < 1.29 is 9.84 Å². The van der Waals surface area contributed by atoms with Crippen LogP contribution >= 0.6 is 0 Å². The van der Waals surface area contributed by atoms with Gasteiger partial charge in [0.15, 0.2) is 0 Å². The Kier molecular flexibility index (Phi) is 5.79. The summed E-state index contributed by atoms with van der Waals surface area (Å²) < 4.78 is 5.15.